The number of aliphatic hydroxyl groups excluding tert-OH is 3. The largest absolute Gasteiger partial charge is 0.481 e. The fourth-order valence-corrected chi connectivity index (χ4v) is 8.81. The number of guanidine groups is 1. The van der Waals surface area contributed by atoms with Crippen molar-refractivity contribution in [3.63, 3.8) is 0 Å². The molecule has 23 N–H and O–H groups in total. The Morgan fingerprint density at radius 2 is 0.880 bits per heavy atom. The fraction of sp³-hybridized carbons (Fsp3) is 0.559. The number of carboxylic acid groups (broad SMARTS) is 2. The van der Waals surface area contributed by atoms with Gasteiger partial charge in [-0.25, -0.2) is 4.79 Å². The molecule has 2 aromatic carbocycles. The first-order valence-corrected chi connectivity index (χ1v) is 29.9. The second-order valence-corrected chi connectivity index (χ2v) is 22.5. The van der Waals surface area contributed by atoms with Crippen molar-refractivity contribution in [1.82, 2.24) is 53.2 Å². The molecule has 0 saturated carbocycles. The van der Waals surface area contributed by atoms with E-state index in [1.54, 1.807) is 81.4 Å². The highest BCUT2D eigenvalue weighted by atomic mass is 16.4. The van der Waals surface area contributed by atoms with E-state index in [9.17, 15) is 87.9 Å². The number of benzene rings is 2. The molecule has 33 heteroatoms. The van der Waals surface area contributed by atoms with Gasteiger partial charge in [-0.3, -0.25) is 62.5 Å². The van der Waals surface area contributed by atoms with Crippen molar-refractivity contribution in [2.24, 2.45) is 39.8 Å². The highest BCUT2D eigenvalue weighted by Gasteiger charge is 2.37. The molecule has 0 unspecified atom stereocenters. The lowest BCUT2D eigenvalue weighted by Crippen LogP contribution is -2.62. The Kier molecular flexibility index (Phi) is 34.6. The van der Waals surface area contributed by atoms with Crippen LogP contribution in [0.1, 0.15) is 104 Å². The molecule has 0 saturated heterocycles. The molecule has 0 radical (unpaired) electrons. The molecule has 13 atom stereocenters. The second-order valence-electron chi connectivity index (χ2n) is 22.5. The quantitative estimate of drug-likeness (QED) is 0.0167. The summed E-state index contributed by atoms with van der Waals surface area (Å²) in [5.74, 6) is -15.2. The predicted molar refractivity (Wildman–Crippen MR) is 331 cm³/mol. The maximum absolute atomic E-state index is 14.3. The molecule has 92 heavy (non-hydrogen) atoms. The molecule has 0 aliphatic rings. The van der Waals surface area contributed by atoms with Crippen LogP contribution in [0.25, 0.3) is 0 Å². The van der Waals surface area contributed by atoms with Crippen LogP contribution in [0.15, 0.2) is 65.7 Å². The van der Waals surface area contributed by atoms with Crippen LogP contribution in [-0.4, -0.2) is 201 Å². The summed E-state index contributed by atoms with van der Waals surface area (Å²) in [6.45, 7) is 6.95. The van der Waals surface area contributed by atoms with Crippen LogP contribution in [-0.2, 0) is 75.2 Å². The Labute approximate surface area is 531 Å². The van der Waals surface area contributed by atoms with Gasteiger partial charge >= 0.3 is 11.9 Å². The lowest BCUT2D eigenvalue weighted by Gasteiger charge is -2.29. The molecule has 0 aliphatic carbocycles. The molecule has 0 aromatic heterocycles. The monoisotopic (exact) mass is 1300 g/mol. The van der Waals surface area contributed by atoms with Gasteiger partial charge in [0.2, 0.25) is 65.0 Å². The normalized spacial score (nSPS) is 15.3. The minimum absolute atomic E-state index is 0.0345. The Bertz CT molecular complexity index is 2850. The van der Waals surface area contributed by atoms with Gasteiger partial charge in [-0.1, -0.05) is 94.8 Å². The van der Waals surface area contributed by atoms with Crippen LogP contribution in [0, 0.1) is 11.8 Å². The number of rotatable bonds is 42. The average Bonchev–Trinajstić information content (AvgIpc) is 1.16. The third-order valence-electron chi connectivity index (χ3n) is 14.3. The van der Waals surface area contributed by atoms with Crippen LogP contribution in [0.2, 0.25) is 0 Å². The predicted octanol–water partition coefficient (Wildman–Crippen LogP) is -5.61. The molecule has 11 amide bonds. The Hall–Kier alpha value is -9.34. The third kappa shape index (κ3) is 28.7. The standard InChI is InChI=1S/C59H91N15O18/c1-7-31(4)47(74-55(88)43(29-76)72-54(87)42(28-75)73-56(89)46(61)33(6)77)57(90)68-38(21-23-45(79)80)50(83)70-40(26-34-15-10-8-11-16-34)52(85)65-32(5)48(81)66-36(19-14-24-64-59(62)63)49(82)69-39(25-30(2)3)53(86)67-37(20-22-44(60)78)51(84)71-41(58(91)92)27-35-17-12-9-13-18-35/h8-13,15-18,30-33,36-43,46-47,75-77H,7,14,19-29,61H2,1-6H3,(H2,60,78)(H,65,85)(H,66,81)(H,67,86)(H,68,90)(H,69,82)(H,70,83)(H,71,84)(H,72,87)(H,73,89)(H,74,88)(H,79,80)(H,91,92)(H4,62,63,64)/t31-,32-,33+,36-,37-,38-,39-,40-,41-,42-,43-,46-,47-/m0/s1. The third-order valence-corrected chi connectivity index (χ3v) is 14.3. The van der Waals surface area contributed by atoms with E-state index in [4.69, 9.17) is 22.9 Å². The Balaban J connectivity index is 2.46. The highest BCUT2D eigenvalue weighted by Crippen LogP contribution is 2.14. The maximum Gasteiger partial charge on any atom is 0.326 e. The van der Waals surface area contributed by atoms with E-state index in [0.29, 0.717) is 11.1 Å². The lowest BCUT2D eigenvalue weighted by atomic mass is 9.97. The zero-order valence-electron chi connectivity index (χ0n) is 52.3. The molecule has 0 spiro atoms. The molecule has 2 rings (SSSR count). The molecule has 2 aromatic rings. The smallest absolute Gasteiger partial charge is 0.326 e. The number of carboxylic acids is 2. The van der Waals surface area contributed by atoms with Gasteiger partial charge in [0.1, 0.15) is 66.5 Å². The molecule has 0 bridgehead atoms. The highest BCUT2D eigenvalue weighted by molar-refractivity contribution is 5.99. The number of aliphatic carboxylic acids is 2. The first kappa shape index (κ1) is 78.8. The number of primary amides is 1. The van der Waals surface area contributed by atoms with Crippen LogP contribution in [0.3, 0.4) is 0 Å². The minimum Gasteiger partial charge on any atom is -0.481 e. The van der Waals surface area contributed by atoms with Crippen molar-refractivity contribution >= 4 is 82.9 Å². The minimum atomic E-state index is -1.80. The first-order valence-electron chi connectivity index (χ1n) is 29.9. The average molecular weight is 1300 g/mol. The van der Waals surface area contributed by atoms with Crippen molar-refractivity contribution in [3.8, 4) is 0 Å². The number of aliphatic hydroxyl groups is 3. The molecular formula is C59H91N15O18. The van der Waals surface area contributed by atoms with Gasteiger partial charge in [0.15, 0.2) is 5.96 Å². The number of aliphatic imine (C=N–C) groups is 1. The Morgan fingerprint density at radius 3 is 1.35 bits per heavy atom. The second kappa shape index (κ2) is 40.4. The number of carbonyl (C=O) groups excluding carboxylic acids is 11. The zero-order chi connectivity index (χ0) is 69.4. The number of nitrogens with two attached hydrogens (primary N) is 4. The van der Waals surface area contributed by atoms with E-state index in [-0.39, 0.29) is 63.4 Å². The van der Waals surface area contributed by atoms with Crippen molar-refractivity contribution in [3.05, 3.63) is 71.8 Å². The van der Waals surface area contributed by atoms with Crippen molar-refractivity contribution in [1.29, 1.82) is 0 Å². The first-order chi connectivity index (χ1) is 43.3. The number of nitrogens with zero attached hydrogens (tertiary/aromatic N) is 1. The number of hydrogen-bond donors (Lipinski definition) is 19. The molecule has 510 valence electrons. The molecule has 0 fully saturated rings. The number of amides is 11. The SMILES string of the molecule is CC[C@H](C)[C@H](NC(=O)[C@H](CO)NC(=O)[C@H](CO)NC(=O)[C@@H](N)[C@@H](C)O)C(=O)N[C@@H](CCC(=O)O)C(=O)N[C@@H](Cc1ccccc1)C(=O)N[C@@H](C)C(=O)N[C@@H](CCCN=C(N)N)C(=O)N[C@@H](CC(C)C)C(=O)N[C@@H](CCC(N)=O)C(=O)N[C@@H](Cc1ccccc1)C(=O)O. The van der Waals surface area contributed by atoms with Gasteiger partial charge in [-0.15, -0.1) is 0 Å². The number of carbonyl (C=O) groups is 13. The summed E-state index contributed by atoms with van der Waals surface area (Å²) < 4.78 is 0. The van der Waals surface area contributed by atoms with E-state index in [0.717, 1.165) is 0 Å². The summed E-state index contributed by atoms with van der Waals surface area (Å²) in [5, 5.41) is 73.5. The van der Waals surface area contributed by atoms with Gasteiger partial charge in [0, 0.05) is 32.2 Å². The van der Waals surface area contributed by atoms with E-state index in [2.05, 4.69) is 58.2 Å². The van der Waals surface area contributed by atoms with Crippen molar-refractivity contribution < 1.29 is 87.9 Å². The summed E-state index contributed by atoms with van der Waals surface area (Å²) >= 11 is 0. The molecule has 0 aliphatic heterocycles. The zero-order valence-corrected chi connectivity index (χ0v) is 52.3. The maximum atomic E-state index is 14.3. The summed E-state index contributed by atoms with van der Waals surface area (Å²) in [6.07, 6.45) is -3.75. The van der Waals surface area contributed by atoms with Crippen molar-refractivity contribution in [2.75, 3.05) is 19.8 Å². The Morgan fingerprint density at radius 1 is 0.478 bits per heavy atom. The molecule has 33 nitrogen and oxygen atoms in total. The van der Waals surface area contributed by atoms with Gasteiger partial charge in [0.25, 0.3) is 0 Å². The van der Waals surface area contributed by atoms with E-state index in [1.807, 2.05) is 0 Å². The van der Waals surface area contributed by atoms with Crippen LogP contribution in [0.5, 0.6) is 0 Å². The van der Waals surface area contributed by atoms with Crippen LogP contribution >= 0.6 is 0 Å². The number of nitrogens with one attached hydrogen (secondary N) is 10. The van der Waals surface area contributed by atoms with Gasteiger partial charge in [0.05, 0.1) is 19.3 Å². The molecule has 0 heterocycles. The van der Waals surface area contributed by atoms with Crippen LogP contribution in [0.4, 0.5) is 0 Å². The summed E-state index contributed by atoms with van der Waals surface area (Å²) in [4.78, 5) is 178. The molecular weight excluding hydrogens is 1210 g/mol. The van der Waals surface area contributed by atoms with E-state index in [1.165, 1.54) is 20.8 Å². The van der Waals surface area contributed by atoms with E-state index >= 15 is 0 Å². The van der Waals surface area contributed by atoms with Gasteiger partial charge < -0.3 is 102 Å². The fourth-order valence-electron chi connectivity index (χ4n) is 8.81. The summed E-state index contributed by atoms with van der Waals surface area (Å²) in [7, 11) is 0. The van der Waals surface area contributed by atoms with Gasteiger partial charge in [-0.2, -0.15) is 0 Å². The number of hydrogen-bond acceptors (Lipinski definition) is 18. The van der Waals surface area contributed by atoms with Gasteiger partial charge in [-0.05, 0) is 68.9 Å². The summed E-state index contributed by atoms with van der Waals surface area (Å²) in [5.41, 5.74) is 23.1. The topological polar surface area (TPSA) is 560 Å². The van der Waals surface area contributed by atoms with E-state index < -0.39 is 188 Å². The van der Waals surface area contributed by atoms with Crippen LogP contribution < -0.4 is 76.1 Å². The summed E-state index contributed by atoms with van der Waals surface area (Å²) in [6, 6.07) is -0.710. The lowest BCUT2D eigenvalue weighted by molar-refractivity contribution is -0.142. The van der Waals surface area contributed by atoms with Crippen molar-refractivity contribution in [2.45, 2.75) is 178 Å².